The molecule has 0 saturated heterocycles. The van der Waals surface area contributed by atoms with Gasteiger partial charge < -0.3 is 10.1 Å². The molecule has 3 heteroatoms. The van der Waals surface area contributed by atoms with Crippen molar-refractivity contribution in [2.24, 2.45) is 0 Å². The van der Waals surface area contributed by atoms with E-state index in [1.807, 2.05) is 25.1 Å². The molecule has 1 aliphatic carbocycles. The summed E-state index contributed by atoms with van der Waals surface area (Å²) in [5.41, 5.74) is 1.16. The van der Waals surface area contributed by atoms with Gasteiger partial charge in [0.05, 0.1) is 5.02 Å². The second-order valence-corrected chi connectivity index (χ2v) is 4.42. The van der Waals surface area contributed by atoms with Crippen LogP contribution in [-0.4, -0.2) is 19.2 Å². The van der Waals surface area contributed by atoms with Crippen LogP contribution in [0.25, 0.3) is 0 Å². The second-order valence-electron chi connectivity index (χ2n) is 4.01. The van der Waals surface area contributed by atoms with Crippen molar-refractivity contribution < 1.29 is 4.74 Å². The summed E-state index contributed by atoms with van der Waals surface area (Å²) in [6, 6.07) is 6.59. The Bertz CT molecular complexity index is 336. The number of ether oxygens (including phenoxy) is 1. The van der Waals surface area contributed by atoms with E-state index in [1.165, 1.54) is 12.8 Å². The SMILES string of the molecule is Cc1ccc(OCCNC2CC2)c(Cl)c1. The molecule has 2 nitrogen and oxygen atoms in total. The smallest absolute Gasteiger partial charge is 0.137 e. The van der Waals surface area contributed by atoms with Gasteiger partial charge in [-0.3, -0.25) is 0 Å². The van der Waals surface area contributed by atoms with Gasteiger partial charge in [-0.15, -0.1) is 0 Å². The molecule has 0 unspecified atom stereocenters. The van der Waals surface area contributed by atoms with Crippen molar-refractivity contribution in [1.82, 2.24) is 5.32 Å². The van der Waals surface area contributed by atoms with Crippen molar-refractivity contribution >= 4 is 11.6 Å². The number of hydrogen-bond acceptors (Lipinski definition) is 2. The van der Waals surface area contributed by atoms with Crippen LogP contribution in [0.3, 0.4) is 0 Å². The zero-order chi connectivity index (χ0) is 10.7. The van der Waals surface area contributed by atoms with Gasteiger partial charge in [0.15, 0.2) is 0 Å². The number of aryl methyl sites for hydroxylation is 1. The van der Waals surface area contributed by atoms with Crippen LogP contribution in [0.5, 0.6) is 5.75 Å². The molecule has 82 valence electrons. The molecular formula is C12H16ClNO. The predicted molar refractivity (Wildman–Crippen MR) is 62.7 cm³/mol. The van der Waals surface area contributed by atoms with Crippen LogP contribution in [-0.2, 0) is 0 Å². The van der Waals surface area contributed by atoms with Gasteiger partial charge in [0.1, 0.15) is 12.4 Å². The third-order valence-electron chi connectivity index (χ3n) is 2.46. The number of rotatable bonds is 5. The number of benzene rings is 1. The maximum atomic E-state index is 6.04. The lowest BCUT2D eigenvalue weighted by Crippen LogP contribution is -2.22. The van der Waals surface area contributed by atoms with E-state index in [9.17, 15) is 0 Å². The van der Waals surface area contributed by atoms with E-state index in [1.54, 1.807) is 0 Å². The van der Waals surface area contributed by atoms with Gasteiger partial charge in [0, 0.05) is 12.6 Å². The van der Waals surface area contributed by atoms with Crippen LogP contribution in [0, 0.1) is 6.92 Å². The number of nitrogens with one attached hydrogen (secondary N) is 1. The lowest BCUT2D eigenvalue weighted by molar-refractivity contribution is 0.313. The maximum Gasteiger partial charge on any atom is 0.137 e. The molecule has 15 heavy (non-hydrogen) atoms. The summed E-state index contributed by atoms with van der Waals surface area (Å²) in [6.07, 6.45) is 2.62. The summed E-state index contributed by atoms with van der Waals surface area (Å²) in [4.78, 5) is 0. The standard InChI is InChI=1S/C12H16ClNO/c1-9-2-5-12(11(13)8-9)15-7-6-14-10-3-4-10/h2,5,8,10,14H,3-4,6-7H2,1H3. The van der Waals surface area contributed by atoms with E-state index < -0.39 is 0 Å². The van der Waals surface area contributed by atoms with Crippen molar-refractivity contribution in [2.45, 2.75) is 25.8 Å². The molecule has 0 atom stereocenters. The minimum Gasteiger partial charge on any atom is -0.491 e. The molecule has 0 bridgehead atoms. The Hall–Kier alpha value is -0.730. The van der Waals surface area contributed by atoms with Crippen molar-refractivity contribution in [3.8, 4) is 5.75 Å². The summed E-state index contributed by atoms with van der Waals surface area (Å²) in [5.74, 6) is 0.778. The van der Waals surface area contributed by atoms with E-state index in [-0.39, 0.29) is 0 Å². The van der Waals surface area contributed by atoms with Gasteiger partial charge in [0.2, 0.25) is 0 Å². The lowest BCUT2D eigenvalue weighted by Gasteiger charge is -2.08. The van der Waals surface area contributed by atoms with Crippen LogP contribution in [0.4, 0.5) is 0 Å². The molecule has 0 aromatic heterocycles. The average molecular weight is 226 g/mol. The van der Waals surface area contributed by atoms with E-state index >= 15 is 0 Å². The third-order valence-corrected chi connectivity index (χ3v) is 2.75. The van der Waals surface area contributed by atoms with Gasteiger partial charge >= 0.3 is 0 Å². The first-order valence-corrected chi connectivity index (χ1v) is 5.76. The zero-order valence-corrected chi connectivity index (χ0v) is 9.68. The molecular weight excluding hydrogens is 210 g/mol. The molecule has 0 amide bonds. The second kappa shape index (κ2) is 4.86. The fourth-order valence-corrected chi connectivity index (χ4v) is 1.72. The van der Waals surface area contributed by atoms with Crippen LogP contribution < -0.4 is 10.1 Å². The minimum absolute atomic E-state index is 0.680. The Morgan fingerprint density at radius 3 is 2.93 bits per heavy atom. The Balaban J connectivity index is 1.76. The topological polar surface area (TPSA) is 21.3 Å². The molecule has 2 rings (SSSR count). The average Bonchev–Trinajstić information content (AvgIpc) is 2.99. The molecule has 0 aliphatic heterocycles. The van der Waals surface area contributed by atoms with Gasteiger partial charge in [0.25, 0.3) is 0 Å². The number of halogens is 1. The van der Waals surface area contributed by atoms with Crippen LogP contribution in [0.2, 0.25) is 5.02 Å². The van der Waals surface area contributed by atoms with Crippen LogP contribution in [0.1, 0.15) is 18.4 Å². The zero-order valence-electron chi connectivity index (χ0n) is 8.92. The van der Waals surface area contributed by atoms with Gasteiger partial charge in [-0.2, -0.15) is 0 Å². The van der Waals surface area contributed by atoms with E-state index in [4.69, 9.17) is 16.3 Å². The molecule has 1 fully saturated rings. The molecule has 1 saturated carbocycles. The fourth-order valence-electron chi connectivity index (χ4n) is 1.43. The van der Waals surface area contributed by atoms with Crippen LogP contribution >= 0.6 is 11.6 Å². The molecule has 0 radical (unpaired) electrons. The molecule has 1 aliphatic rings. The minimum atomic E-state index is 0.680. The Morgan fingerprint density at radius 2 is 2.27 bits per heavy atom. The Kier molecular flexibility index (Phi) is 3.49. The highest BCUT2D eigenvalue weighted by Gasteiger charge is 2.19. The summed E-state index contributed by atoms with van der Waals surface area (Å²) >= 11 is 6.04. The predicted octanol–water partition coefficient (Wildman–Crippen LogP) is 2.78. The van der Waals surface area contributed by atoms with Crippen molar-refractivity contribution in [3.05, 3.63) is 28.8 Å². The fraction of sp³-hybridized carbons (Fsp3) is 0.500. The molecule has 1 aromatic carbocycles. The summed E-state index contributed by atoms with van der Waals surface area (Å²) < 4.78 is 5.58. The summed E-state index contributed by atoms with van der Waals surface area (Å²) in [7, 11) is 0. The Labute approximate surface area is 95.6 Å². The highest BCUT2D eigenvalue weighted by atomic mass is 35.5. The third kappa shape index (κ3) is 3.40. The quantitative estimate of drug-likeness (QED) is 0.779. The summed E-state index contributed by atoms with van der Waals surface area (Å²) in [6.45, 7) is 3.60. The van der Waals surface area contributed by atoms with E-state index in [2.05, 4.69) is 5.32 Å². The normalized spacial score (nSPS) is 15.3. The van der Waals surface area contributed by atoms with Gasteiger partial charge in [-0.25, -0.2) is 0 Å². The van der Waals surface area contributed by atoms with Crippen molar-refractivity contribution in [2.75, 3.05) is 13.2 Å². The molecule has 0 heterocycles. The van der Waals surface area contributed by atoms with Crippen molar-refractivity contribution in [1.29, 1.82) is 0 Å². The molecule has 1 N–H and O–H groups in total. The van der Waals surface area contributed by atoms with E-state index in [0.29, 0.717) is 11.6 Å². The highest BCUT2D eigenvalue weighted by Crippen LogP contribution is 2.25. The monoisotopic (exact) mass is 225 g/mol. The summed E-state index contributed by atoms with van der Waals surface area (Å²) in [5, 5.41) is 4.09. The van der Waals surface area contributed by atoms with Gasteiger partial charge in [-0.05, 0) is 37.5 Å². The Morgan fingerprint density at radius 1 is 1.47 bits per heavy atom. The van der Waals surface area contributed by atoms with E-state index in [0.717, 1.165) is 23.9 Å². The first kappa shape index (κ1) is 10.8. The first-order chi connectivity index (χ1) is 7.25. The van der Waals surface area contributed by atoms with Crippen LogP contribution in [0.15, 0.2) is 18.2 Å². The highest BCUT2D eigenvalue weighted by molar-refractivity contribution is 6.32. The molecule has 0 spiro atoms. The van der Waals surface area contributed by atoms with Crippen molar-refractivity contribution in [3.63, 3.8) is 0 Å². The maximum absolute atomic E-state index is 6.04. The lowest BCUT2D eigenvalue weighted by atomic mass is 10.2. The largest absolute Gasteiger partial charge is 0.491 e. The first-order valence-electron chi connectivity index (χ1n) is 5.38. The number of hydrogen-bond donors (Lipinski definition) is 1. The molecule has 1 aromatic rings. The van der Waals surface area contributed by atoms with Gasteiger partial charge in [-0.1, -0.05) is 17.7 Å².